The summed E-state index contributed by atoms with van der Waals surface area (Å²) >= 11 is 1.86. The largest absolute Gasteiger partial charge is 0.481 e. The van der Waals surface area contributed by atoms with Crippen molar-refractivity contribution >= 4 is 28.6 Å². The maximum Gasteiger partial charge on any atom is 0.303 e. The Kier molecular flexibility index (Phi) is 4.91. The van der Waals surface area contributed by atoms with Crippen LogP contribution < -0.4 is 0 Å². The molecule has 1 heterocycles. The number of fused-ring (bicyclic) bond motifs is 1. The van der Waals surface area contributed by atoms with E-state index in [0.29, 0.717) is 6.42 Å². The molecule has 4 heteroatoms. The number of aromatic nitrogens is 1. The molecule has 0 aliphatic heterocycles. The molecule has 0 aliphatic carbocycles. The maximum atomic E-state index is 10.7. The Bertz CT molecular complexity index is 562. The van der Waals surface area contributed by atoms with E-state index in [1.165, 1.54) is 10.9 Å². The van der Waals surface area contributed by atoms with Gasteiger partial charge in [0.25, 0.3) is 0 Å². The number of aliphatic carboxylic acids is 1. The molecule has 0 bridgehead atoms. The summed E-state index contributed by atoms with van der Waals surface area (Å²) in [7, 11) is 0. The first-order valence-electron chi connectivity index (χ1n) is 6.50. The van der Waals surface area contributed by atoms with Crippen molar-refractivity contribution < 1.29 is 9.90 Å². The van der Waals surface area contributed by atoms with Gasteiger partial charge in [0.15, 0.2) is 0 Å². The van der Waals surface area contributed by atoms with Crippen LogP contribution in [-0.2, 0) is 17.8 Å². The molecular weight excluding hydrogens is 258 g/mol. The monoisotopic (exact) mass is 277 g/mol. The Morgan fingerprint density at radius 3 is 2.89 bits per heavy atom. The van der Waals surface area contributed by atoms with Crippen LogP contribution in [0.4, 0.5) is 0 Å². The zero-order chi connectivity index (χ0) is 13.7. The number of rotatable bonds is 7. The third-order valence-corrected chi connectivity index (χ3v) is 3.92. The maximum absolute atomic E-state index is 10.7. The fourth-order valence-corrected chi connectivity index (χ4v) is 2.75. The highest BCUT2D eigenvalue weighted by Gasteiger charge is 2.09. The van der Waals surface area contributed by atoms with Crippen molar-refractivity contribution in [2.75, 3.05) is 12.0 Å². The number of hydrogen-bond donors (Lipinski definition) is 1. The molecule has 2 aromatic rings. The first kappa shape index (κ1) is 14.0. The summed E-state index contributed by atoms with van der Waals surface area (Å²) in [5.74, 6) is 0.413. The average Bonchev–Trinajstić information content (AvgIpc) is 2.76. The lowest BCUT2D eigenvalue weighted by Gasteiger charge is -2.03. The third-order valence-electron chi connectivity index (χ3n) is 3.23. The quantitative estimate of drug-likeness (QED) is 0.789. The van der Waals surface area contributed by atoms with Gasteiger partial charge < -0.3 is 9.67 Å². The van der Waals surface area contributed by atoms with Gasteiger partial charge in [-0.3, -0.25) is 4.79 Å². The molecule has 19 heavy (non-hydrogen) atoms. The van der Waals surface area contributed by atoms with E-state index in [0.717, 1.165) is 24.3 Å². The number of aryl methyl sites for hydroxylation is 2. The minimum atomic E-state index is -0.737. The summed E-state index contributed by atoms with van der Waals surface area (Å²) in [4.78, 5) is 10.7. The molecule has 0 fully saturated rings. The van der Waals surface area contributed by atoms with Crippen molar-refractivity contribution in [3.8, 4) is 0 Å². The molecule has 3 nitrogen and oxygen atoms in total. The van der Waals surface area contributed by atoms with Crippen molar-refractivity contribution in [3.63, 3.8) is 0 Å². The zero-order valence-corrected chi connectivity index (χ0v) is 11.9. The highest BCUT2D eigenvalue weighted by Crippen LogP contribution is 2.23. The second-order valence-corrected chi connectivity index (χ2v) is 5.59. The Labute approximate surface area is 117 Å². The zero-order valence-electron chi connectivity index (χ0n) is 11.1. The average molecular weight is 277 g/mol. The lowest BCUT2D eigenvalue weighted by Crippen LogP contribution is -1.98. The summed E-state index contributed by atoms with van der Waals surface area (Å²) < 4.78 is 2.25. The van der Waals surface area contributed by atoms with Gasteiger partial charge in [0, 0.05) is 30.1 Å². The van der Waals surface area contributed by atoms with E-state index in [-0.39, 0.29) is 6.42 Å². The van der Waals surface area contributed by atoms with E-state index >= 15 is 0 Å². The number of benzene rings is 1. The van der Waals surface area contributed by atoms with Crippen molar-refractivity contribution in [2.45, 2.75) is 25.8 Å². The summed E-state index contributed by atoms with van der Waals surface area (Å²) in [5, 5.41) is 10.0. The first-order chi connectivity index (χ1) is 9.22. The second-order valence-electron chi connectivity index (χ2n) is 4.60. The van der Waals surface area contributed by atoms with Gasteiger partial charge in [0.2, 0.25) is 0 Å². The third kappa shape index (κ3) is 3.53. The number of carboxylic acid groups (broad SMARTS) is 1. The summed E-state index contributed by atoms with van der Waals surface area (Å²) in [6.07, 6.45) is 6.17. The van der Waals surface area contributed by atoms with Gasteiger partial charge in [-0.25, -0.2) is 0 Å². The summed E-state index contributed by atoms with van der Waals surface area (Å²) in [5.41, 5.74) is 2.35. The van der Waals surface area contributed by atoms with Crippen LogP contribution in [-0.4, -0.2) is 27.7 Å². The molecule has 0 saturated carbocycles. The van der Waals surface area contributed by atoms with Gasteiger partial charge in [-0.2, -0.15) is 11.8 Å². The fourth-order valence-electron chi connectivity index (χ4n) is 2.33. The molecule has 0 amide bonds. The molecule has 102 valence electrons. The number of carbonyl (C=O) groups is 1. The topological polar surface area (TPSA) is 42.2 Å². The molecular formula is C15H19NO2S. The van der Waals surface area contributed by atoms with Gasteiger partial charge in [0.1, 0.15) is 0 Å². The molecule has 1 aromatic heterocycles. The fraction of sp³-hybridized carbons (Fsp3) is 0.400. The van der Waals surface area contributed by atoms with Crippen molar-refractivity contribution in [1.29, 1.82) is 0 Å². The number of nitrogens with zero attached hydrogens (tertiary/aromatic N) is 1. The van der Waals surface area contributed by atoms with Crippen LogP contribution in [0.15, 0.2) is 30.5 Å². The number of thioether (sulfide) groups is 1. The van der Waals surface area contributed by atoms with Gasteiger partial charge in [-0.15, -0.1) is 0 Å². The standard InChI is InChI=1S/C15H19NO2S/c1-19-10-4-9-16-11-12(7-8-15(17)18)13-5-2-3-6-14(13)16/h2-3,5-6,11H,4,7-10H2,1H3,(H,17,18). The Hall–Kier alpha value is -1.42. The molecule has 1 N–H and O–H groups in total. The van der Waals surface area contributed by atoms with Crippen molar-refractivity contribution in [2.24, 2.45) is 0 Å². The highest BCUT2D eigenvalue weighted by molar-refractivity contribution is 7.98. The van der Waals surface area contributed by atoms with E-state index in [4.69, 9.17) is 5.11 Å². The Morgan fingerprint density at radius 1 is 1.37 bits per heavy atom. The molecule has 0 radical (unpaired) electrons. The second kappa shape index (κ2) is 6.66. The molecule has 0 aliphatic rings. The first-order valence-corrected chi connectivity index (χ1v) is 7.89. The SMILES string of the molecule is CSCCCn1cc(CCC(=O)O)c2ccccc21. The minimum Gasteiger partial charge on any atom is -0.481 e. The number of para-hydroxylation sites is 1. The van der Waals surface area contributed by atoms with Crippen LogP contribution >= 0.6 is 11.8 Å². The van der Waals surface area contributed by atoms with Crippen LogP contribution in [0.25, 0.3) is 10.9 Å². The lowest BCUT2D eigenvalue weighted by molar-refractivity contribution is -0.136. The predicted octanol–water partition coefficient (Wildman–Crippen LogP) is 3.41. The van der Waals surface area contributed by atoms with Crippen LogP contribution in [0.1, 0.15) is 18.4 Å². The van der Waals surface area contributed by atoms with Gasteiger partial charge in [-0.1, -0.05) is 18.2 Å². The molecule has 0 unspecified atom stereocenters. The Balaban J connectivity index is 2.23. The van der Waals surface area contributed by atoms with E-state index in [1.807, 2.05) is 23.9 Å². The van der Waals surface area contributed by atoms with Crippen LogP contribution in [0.2, 0.25) is 0 Å². The van der Waals surface area contributed by atoms with E-state index in [1.54, 1.807) is 0 Å². The molecule has 1 aromatic carbocycles. The number of hydrogen-bond acceptors (Lipinski definition) is 2. The predicted molar refractivity (Wildman–Crippen MR) is 80.9 cm³/mol. The van der Waals surface area contributed by atoms with Gasteiger partial charge >= 0.3 is 5.97 Å². The van der Waals surface area contributed by atoms with Crippen LogP contribution in [0.5, 0.6) is 0 Å². The smallest absolute Gasteiger partial charge is 0.303 e. The van der Waals surface area contributed by atoms with Gasteiger partial charge in [-0.05, 0) is 36.5 Å². The minimum absolute atomic E-state index is 0.193. The van der Waals surface area contributed by atoms with Crippen LogP contribution in [0.3, 0.4) is 0 Å². The summed E-state index contributed by atoms with van der Waals surface area (Å²) in [6.45, 7) is 0.994. The lowest BCUT2D eigenvalue weighted by atomic mass is 10.1. The summed E-state index contributed by atoms with van der Waals surface area (Å²) in [6, 6.07) is 8.24. The van der Waals surface area contributed by atoms with Crippen LogP contribution in [0, 0.1) is 0 Å². The molecule has 0 saturated heterocycles. The van der Waals surface area contributed by atoms with E-state index in [9.17, 15) is 4.79 Å². The molecule has 2 rings (SSSR count). The van der Waals surface area contributed by atoms with Crippen molar-refractivity contribution in [3.05, 3.63) is 36.0 Å². The normalized spacial score (nSPS) is 11.0. The van der Waals surface area contributed by atoms with Gasteiger partial charge in [0.05, 0.1) is 0 Å². The molecule has 0 spiro atoms. The van der Waals surface area contributed by atoms with E-state index in [2.05, 4.69) is 29.2 Å². The Morgan fingerprint density at radius 2 is 2.16 bits per heavy atom. The number of carboxylic acids is 1. The molecule has 0 atom stereocenters. The van der Waals surface area contributed by atoms with E-state index < -0.39 is 5.97 Å². The highest BCUT2D eigenvalue weighted by atomic mass is 32.2. The van der Waals surface area contributed by atoms with Crippen molar-refractivity contribution in [1.82, 2.24) is 4.57 Å².